The second-order valence-corrected chi connectivity index (χ2v) is 7.21. The van der Waals surface area contributed by atoms with E-state index in [9.17, 15) is 9.59 Å². The molecule has 0 N–H and O–H groups in total. The van der Waals surface area contributed by atoms with E-state index in [0.29, 0.717) is 16.8 Å². The van der Waals surface area contributed by atoms with Gasteiger partial charge in [-0.3, -0.25) is 14.0 Å². The van der Waals surface area contributed by atoms with Gasteiger partial charge in [0.1, 0.15) is 5.56 Å². The lowest BCUT2D eigenvalue weighted by Gasteiger charge is -2.37. The van der Waals surface area contributed by atoms with Crippen molar-refractivity contribution in [2.75, 3.05) is 12.3 Å². The number of hydrogen-bond acceptors (Lipinski definition) is 5. The van der Waals surface area contributed by atoms with Crippen LogP contribution in [0.2, 0.25) is 0 Å². The maximum absolute atomic E-state index is 12.6. The van der Waals surface area contributed by atoms with E-state index in [-0.39, 0.29) is 23.1 Å². The monoisotopic (exact) mass is 309 g/mol. The van der Waals surface area contributed by atoms with Gasteiger partial charge in [0, 0.05) is 41.4 Å². The normalized spacial score (nSPS) is 23.2. The van der Waals surface area contributed by atoms with E-state index in [4.69, 9.17) is 0 Å². The molecule has 1 aliphatic rings. The second kappa shape index (κ2) is 5.21. The van der Waals surface area contributed by atoms with Gasteiger partial charge in [0.05, 0.1) is 0 Å². The second-order valence-electron chi connectivity index (χ2n) is 4.85. The molecule has 20 heavy (non-hydrogen) atoms. The SMILES string of the molecule is C[C@@H]1[C@@H](C)SCCN1C(=O)c1cnc2sccn2c1=O. The number of amides is 1. The summed E-state index contributed by atoms with van der Waals surface area (Å²) in [6, 6.07) is 0.129. The number of carbonyl (C=O) groups is 1. The van der Waals surface area contributed by atoms with E-state index < -0.39 is 0 Å². The molecule has 3 heterocycles. The predicted octanol–water partition coefficient (Wildman–Crippen LogP) is 1.72. The Hall–Kier alpha value is -1.34. The minimum atomic E-state index is -0.278. The highest BCUT2D eigenvalue weighted by molar-refractivity contribution is 8.00. The number of nitrogens with zero attached hydrogens (tertiary/aromatic N) is 3. The van der Waals surface area contributed by atoms with E-state index in [1.807, 2.05) is 18.7 Å². The minimum absolute atomic E-state index is 0.129. The van der Waals surface area contributed by atoms with Crippen molar-refractivity contribution in [2.24, 2.45) is 0 Å². The maximum atomic E-state index is 12.6. The third-order valence-corrected chi connectivity index (χ3v) is 5.83. The Morgan fingerprint density at radius 2 is 2.25 bits per heavy atom. The van der Waals surface area contributed by atoms with Gasteiger partial charge in [0.15, 0.2) is 4.96 Å². The fraction of sp³-hybridized carbons (Fsp3) is 0.462. The van der Waals surface area contributed by atoms with Crippen LogP contribution in [-0.4, -0.2) is 43.8 Å². The van der Waals surface area contributed by atoms with Crippen molar-refractivity contribution in [3.05, 3.63) is 33.7 Å². The molecule has 7 heteroatoms. The van der Waals surface area contributed by atoms with Crippen molar-refractivity contribution in [1.82, 2.24) is 14.3 Å². The van der Waals surface area contributed by atoms with Crippen LogP contribution in [0.1, 0.15) is 24.2 Å². The van der Waals surface area contributed by atoms with Crippen LogP contribution in [0.3, 0.4) is 0 Å². The Morgan fingerprint density at radius 1 is 1.45 bits per heavy atom. The Balaban J connectivity index is 2.00. The Bertz CT molecular complexity index is 709. The van der Waals surface area contributed by atoms with E-state index in [1.165, 1.54) is 21.9 Å². The topological polar surface area (TPSA) is 54.7 Å². The van der Waals surface area contributed by atoms with Gasteiger partial charge >= 0.3 is 0 Å². The lowest BCUT2D eigenvalue weighted by Crippen LogP contribution is -2.49. The molecule has 2 atom stereocenters. The van der Waals surface area contributed by atoms with Gasteiger partial charge in [-0.25, -0.2) is 4.98 Å². The van der Waals surface area contributed by atoms with E-state index in [2.05, 4.69) is 11.9 Å². The quantitative estimate of drug-likeness (QED) is 0.805. The van der Waals surface area contributed by atoms with Crippen LogP contribution in [-0.2, 0) is 0 Å². The van der Waals surface area contributed by atoms with Crippen molar-refractivity contribution in [3.8, 4) is 0 Å². The van der Waals surface area contributed by atoms with Crippen LogP contribution in [0.4, 0.5) is 0 Å². The fourth-order valence-corrected chi connectivity index (χ4v) is 4.12. The lowest BCUT2D eigenvalue weighted by molar-refractivity contribution is 0.0695. The molecule has 106 valence electrons. The number of hydrogen-bond donors (Lipinski definition) is 0. The molecule has 2 aromatic heterocycles. The number of aromatic nitrogens is 2. The molecule has 0 radical (unpaired) electrons. The summed E-state index contributed by atoms with van der Waals surface area (Å²) in [5.74, 6) is 0.704. The van der Waals surface area contributed by atoms with Gasteiger partial charge in [-0.05, 0) is 6.92 Å². The third kappa shape index (κ3) is 2.14. The Morgan fingerprint density at radius 3 is 3.05 bits per heavy atom. The zero-order valence-corrected chi connectivity index (χ0v) is 12.9. The minimum Gasteiger partial charge on any atom is -0.334 e. The number of thiazole rings is 1. The first-order valence-electron chi connectivity index (χ1n) is 6.47. The van der Waals surface area contributed by atoms with Crippen LogP contribution >= 0.6 is 23.1 Å². The van der Waals surface area contributed by atoms with Crippen molar-refractivity contribution in [1.29, 1.82) is 0 Å². The van der Waals surface area contributed by atoms with Crippen molar-refractivity contribution in [3.63, 3.8) is 0 Å². The van der Waals surface area contributed by atoms with Gasteiger partial charge in [0.25, 0.3) is 11.5 Å². The number of rotatable bonds is 1. The lowest BCUT2D eigenvalue weighted by atomic mass is 10.1. The molecule has 0 aromatic carbocycles. The van der Waals surface area contributed by atoms with Crippen LogP contribution in [0.25, 0.3) is 4.96 Å². The van der Waals surface area contributed by atoms with Crippen LogP contribution in [0.5, 0.6) is 0 Å². The van der Waals surface area contributed by atoms with Crippen molar-refractivity contribution >= 4 is 34.0 Å². The summed E-state index contributed by atoms with van der Waals surface area (Å²) in [4.78, 5) is 31.5. The third-order valence-electron chi connectivity index (χ3n) is 3.72. The average molecular weight is 309 g/mol. The molecule has 3 rings (SSSR count). The van der Waals surface area contributed by atoms with Crippen molar-refractivity contribution < 1.29 is 4.79 Å². The Kier molecular flexibility index (Phi) is 3.55. The summed E-state index contributed by atoms with van der Waals surface area (Å²) in [6.07, 6.45) is 3.07. The van der Waals surface area contributed by atoms with Crippen LogP contribution in [0.15, 0.2) is 22.6 Å². The summed E-state index contributed by atoms with van der Waals surface area (Å²) >= 11 is 3.24. The molecular formula is C13H15N3O2S2. The molecule has 0 spiro atoms. The predicted molar refractivity (Wildman–Crippen MR) is 81.8 cm³/mol. The molecule has 2 aromatic rings. The molecule has 0 aliphatic carbocycles. The first-order valence-corrected chi connectivity index (χ1v) is 8.40. The van der Waals surface area contributed by atoms with Gasteiger partial charge in [0.2, 0.25) is 0 Å². The van der Waals surface area contributed by atoms with Gasteiger partial charge in [-0.2, -0.15) is 11.8 Å². The molecule has 0 unspecified atom stereocenters. The standard InChI is InChI=1S/C13H15N3O2S2/c1-8-9(2)19-5-3-15(8)11(17)10-7-14-13-16(12(10)18)4-6-20-13/h4,6-9H,3,5H2,1-2H3/t8-,9-/m1/s1. The summed E-state index contributed by atoms with van der Waals surface area (Å²) < 4.78 is 1.44. The number of carbonyl (C=O) groups excluding carboxylic acids is 1. The highest BCUT2D eigenvalue weighted by atomic mass is 32.2. The average Bonchev–Trinajstić information content (AvgIpc) is 2.91. The molecule has 1 aliphatic heterocycles. The largest absolute Gasteiger partial charge is 0.334 e. The van der Waals surface area contributed by atoms with E-state index >= 15 is 0 Å². The zero-order valence-electron chi connectivity index (χ0n) is 11.3. The number of fused-ring (bicyclic) bond motifs is 1. The number of thioether (sulfide) groups is 1. The summed E-state index contributed by atoms with van der Waals surface area (Å²) in [6.45, 7) is 4.83. The molecule has 1 fully saturated rings. The van der Waals surface area contributed by atoms with Gasteiger partial charge in [-0.15, -0.1) is 11.3 Å². The summed E-state index contributed by atoms with van der Waals surface area (Å²) in [7, 11) is 0. The molecule has 5 nitrogen and oxygen atoms in total. The van der Waals surface area contributed by atoms with Crippen molar-refractivity contribution in [2.45, 2.75) is 25.1 Å². The first kappa shape index (κ1) is 13.6. The molecular weight excluding hydrogens is 294 g/mol. The molecule has 0 bridgehead atoms. The summed E-state index contributed by atoms with van der Waals surface area (Å²) in [5, 5.41) is 2.17. The van der Waals surface area contributed by atoms with Gasteiger partial charge in [-0.1, -0.05) is 6.92 Å². The van der Waals surface area contributed by atoms with Crippen LogP contribution in [0, 0.1) is 0 Å². The highest BCUT2D eigenvalue weighted by Crippen LogP contribution is 2.25. The summed E-state index contributed by atoms with van der Waals surface area (Å²) in [5.41, 5.74) is -0.119. The molecule has 1 saturated heterocycles. The Labute approximate surface area is 124 Å². The maximum Gasteiger partial charge on any atom is 0.271 e. The smallest absolute Gasteiger partial charge is 0.271 e. The highest BCUT2D eigenvalue weighted by Gasteiger charge is 2.31. The van der Waals surface area contributed by atoms with E-state index in [1.54, 1.807) is 16.5 Å². The zero-order chi connectivity index (χ0) is 14.3. The molecule has 1 amide bonds. The fourth-order valence-electron chi connectivity index (χ4n) is 2.35. The van der Waals surface area contributed by atoms with Crippen LogP contribution < -0.4 is 5.56 Å². The first-order chi connectivity index (χ1) is 9.59. The van der Waals surface area contributed by atoms with E-state index in [0.717, 1.165) is 5.75 Å². The van der Waals surface area contributed by atoms with Gasteiger partial charge < -0.3 is 4.90 Å². The molecule has 0 saturated carbocycles.